The first kappa shape index (κ1) is 13.6. The first-order valence-electron chi connectivity index (χ1n) is 6.35. The highest BCUT2D eigenvalue weighted by molar-refractivity contribution is 5.82. The second-order valence-corrected chi connectivity index (χ2v) is 4.48. The van der Waals surface area contributed by atoms with Crippen molar-refractivity contribution in [3.63, 3.8) is 0 Å². The zero-order valence-corrected chi connectivity index (χ0v) is 11.2. The molecule has 0 aliphatic heterocycles. The number of aromatic nitrogens is 2. The number of phenols is 1. The van der Waals surface area contributed by atoms with Gasteiger partial charge in [-0.1, -0.05) is 12.1 Å². The molecule has 1 heterocycles. The lowest BCUT2D eigenvalue weighted by Crippen LogP contribution is -1.94. The van der Waals surface area contributed by atoms with E-state index < -0.39 is 4.92 Å². The van der Waals surface area contributed by atoms with Crippen molar-refractivity contribution in [1.29, 1.82) is 0 Å². The Bertz CT molecular complexity index is 839. The summed E-state index contributed by atoms with van der Waals surface area (Å²) in [5, 5.41) is 24.1. The molecule has 8 nitrogen and oxygen atoms in total. The summed E-state index contributed by atoms with van der Waals surface area (Å²) in [5.74, 6) is 0.0816. The van der Waals surface area contributed by atoms with E-state index in [2.05, 4.69) is 20.5 Å². The number of hydrogen-bond donors (Lipinski definition) is 3. The number of nitro benzene ring substituents is 1. The molecule has 3 aromatic rings. The van der Waals surface area contributed by atoms with E-state index in [4.69, 9.17) is 0 Å². The van der Waals surface area contributed by atoms with Gasteiger partial charge in [-0.25, -0.2) is 10.4 Å². The molecule has 1 aromatic heterocycles. The normalized spacial score (nSPS) is 11.1. The molecule has 0 spiro atoms. The van der Waals surface area contributed by atoms with Crippen LogP contribution in [0.2, 0.25) is 0 Å². The molecular weight excluding hydrogens is 286 g/mol. The van der Waals surface area contributed by atoms with Crippen LogP contribution in [0.5, 0.6) is 5.75 Å². The lowest BCUT2D eigenvalue weighted by molar-refractivity contribution is -0.385. The zero-order valence-electron chi connectivity index (χ0n) is 11.2. The van der Waals surface area contributed by atoms with Crippen LogP contribution in [0.4, 0.5) is 11.6 Å². The number of rotatable bonds is 4. The Labute approximate surface area is 124 Å². The number of nitro groups is 1. The van der Waals surface area contributed by atoms with E-state index in [0.29, 0.717) is 11.5 Å². The summed E-state index contributed by atoms with van der Waals surface area (Å²) in [6.07, 6.45) is 1.40. The minimum absolute atomic E-state index is 0.368. The highest BCUT2D eigenvalue weighted by Gasteiger charge is 2.12. The van der Waals surface area contributed by atoms with Gasteiger partial charge in [0.15, 0.2) is 5.75 Å². The van der Waals surface area contributed by atoms with Gasteiger partial charge in [-0.05, 0) is 24.3 Å². The summed E-state index contributed by atoms with van der Waals surface area (Å²) in [6.45, 7) is 0. The fourth-order valence-corrected chi connectivity index (χ4v) is 1.94. The number of nitrogens with zero attached hydrogens (tertiary/aromatic N) is 3. The summed E-state index contributed by atoms with van der Waals surface area (Å²) in [5.41, 5.74) is 4.51. The number of aromatic amines is 1. The van der Waals surface area contributed by atoms with Gasteiger partial charge in [0.1, 0.15) is 0 Å². The lowest BCUT2D eigenvalue weighted by atomic mass is 10.2. The maximum absolute atomic E-state index is 10.7. The Hall–Kier alpha value is -3.42. The molecule has 0 bridgehead atoms. The minimum atomic E-state index is -0.653. The summed E-state index contributed by atoms with van der Waals surface area (Å²) in [4.78, 5) is 17.4. The number of hydrazone groups is 1. The van der Waals surface area contributed by atoms with Crippen LogP contribution in [0.3, 0.4) is 0 Å². The first-order valence-corrected chi connectivity index (χ1v) is 6.35. The molecule has 0 fully saturated rings. The number of hydrogen-bond acceptors (Lipinski definition) is 6. The SMILES string of the molecule is O=[N+]([O-])c1cc(/C=N\Nc2nc3ccccc3[nH]2)ccc1O. The Balaban J connectivity index is 1.77. The maximum Gasteiger partial charge on any atom is 0.311 e. The summed E-state index contributed by atoms with van der Waals surface area (Å²) >= 11 is 0. The molecule has 3 rings (SSSR count). The number of benzene rings is 2. The van der Waals surface area contributed by atoms with Gasteiger partial charge in [0.2, 0.25) is 5.95 Å². The van der Waals surface area contributed by atoms with Crippen LogP contribution in [0.1, 0.15) is 5.56 Å². The van der Waals surface area contributed by atoms with Crippen molar-refractivity contribution >= 4 is 28.9 Å². The average Bonchev–Trinajstić information content (AvgIpc) is 2.91. The van der Waals surface area contributed by atoms with Crippen molar-refractivity contribution in [3.8, 4) is 5.75 Å². The van der Waals surface area contributed by atoms with E-state index in [0.717, 1.165) is 11.0 Å². The minimum Gasteiger partial charge on any atom is -0.502 e. The Morgan fingerprint density at radius 2 is 2.14 bits per heavy atom. The Kier molecular flexibility index (Phi) is 3.40. The van der Waals surface area contributed by atoms with Crippen LogP contribution in [0.25, 0.3) is 11.0 Å². The number of anilines is 1. The lowest BCUT2D eigenvalue weighted by Gasteiger charge is -1.97. The van der Waals surface area contributed by atoms with E-state index >= 15 is 0 Å². The van der Waals surface area contributed by atoms with Crippen LogP contribution in [-0.2, 0) is 0 Å². The largest absolute Gasteiger partial charge is 0.502 e. The topological polar surface area (TPSA) is 116 Å². The second kappa shape index (κ2) is 5.52. The van der Waals surface area contributed by atoms with Crippen molar-refractivity contribution in [2.24, 2.45) is 5.10 Å². The summed E-state index contributed by atoms with van der Waals surface area (Å²) in [6, 6.07) is 11.5. The Morgan fingerprint density at radius 3 is 2.91 bits per heavy atom. The van der Waals surface area contributed by atoms with Crippen LogP contribution >= 0.6 is 0 Å². The van der Waals surface area contributed by atoms with E-state index in [1.54, 1.807) is 0 Å². The van der Waals surface area contributed by atoms with Gasteiger partial charge in [0.05, 0.1) is 22.2 Å². The molecule has 0 unspecified atom stereocenters. The fourth-order valence-electron chi connectivity index (χ4n) is 1.94. The number of H-pyrrole nitrogens is 1. The standard InChI is InChI=1S/C14H11N5O3/c20-13-6-5-9(7-12(13)19(21)22)8-15-18-14-16-10-3-1-2-4-11(10)17-14/h1-8,20H,(H2,16,17,18)/b15-8-. The molecule has 0 radical (unpaired) electrons. The molecule has 0 atom stereocenters. The molecule has 3 N–H and O–H groups in total. The molecule has 2 aromatic carbocycles. The van der Waals surface area contributed by atoms with Crippen LogP contribution in [0, 0.1) is 10.1 Å². The quantitative estimate of drug-likeness (QED) is 0.389. The third-order valence-corrected chi connectivity index (χ3v) is 2.97. The second-order valence-electron chi connectivity index (χ2n) is 4.48. The molecule has 8 heteroatoms. The molecule has 0 aliphatic carbocycles. The molecule has 0 amide bonds. The number of nitrogens with one attached hydrogen (secondary N) is 2. The predicted octanol–water partition coefficient (Wildman–Crippen LogP) is 2.62. The van der Waals surface area contributed by atoms with Crippen molar-refractivity contribution in [2.45, 2.75) is 0 Å². The van der Waals surface area contributed by atoms with Gasteiger partial charge < -0.3 is 10.1 Å². The molecule has 0 saturated carbocycles. The van der Waals surface area contributed by atoms with Gasteiger partial charge in [-0.3, -0.25) is 10.1 Å². The highest BCUT2D eigenvalue weighted by Crippen LogP contribution is 2.25. The van der Waals surface area contributed by atoms with Gasteiger partial charge in [0, 0.05) is 11.6 Å². The molecular formula is C14H11N5O3. The van der Waals surface area contributed by atoms with E-state index in [9.17, 15) is 15.2 Å². The zero-order chi connectivity index (χ0) is 15.5. The van der Waals surface area contributed by atoms with Crippen LogP contribution in [0.15, 0.2) is 47.6 Å². The van der Waals surface area contributed by atoms with Crippen LogP contribution < -0.4 is 5.43 Å². The number of para-hydroxylation sites is 2. The van der Waals surface area contributed by atoms with E-state index in [1.807, 2.05) is 24.3 Å². The number of imidazole rings is 1. The molecule has 110 valence electrons. The van der Waals surface area contributed by atoms with Gasteiger partial charge in [-0.15, -0.1) is 0 Å². The monoisotopic (exact) mass is 297 g/mol. The highest BCUT2D eigenvalue weighted by atomic mass is 16.6. The van der Waals surface area contributed by atoms with Crippen LogP contribution in [-0.4, -0.2) is 26.2 Å². The first-order chi connectivity index (χ1) is 10.6. The van der Waals surface area contributed by atoms with Gasteiger partial charge in [-0.2, -0.15) is 5.10 Å². The van der Waals surface area contributed by atoms with Gasteiger partial charge in [0.25, 0.3) is 0 Å². The smallest absolute Gasteiger partial charge is 0.311 e. The van der Waals surface area contributed by atoms with E-state index in [1.165, 1.54) is 24.4 Å². The predicted molar refractivity (Wildman–Crippen MR) is 82.1 cm³/mol. The average molecular weight is 297 g/mol. The van der Waals surface area contributed by atoms with Crippen molar-refractivity contribution in [3.05, 3.63) is 58.1 Å². The number of aromatic hydroxyl groups is 1. The Morgan fingerprint density at radius 1 is 1.32 bits per heavy atom. The maximum atomic E-state index is 10.7. The number of fused-ring (bicyclic) bond motifs is 1. The molecule has 0 saturated heterocycles. The summed E-state index contributed by atoms with van der Waals surface area (Å²) < 4.78 is 0. The van der Waals surface area contributed by atoms with Gasteiger partial charge >= 0.3 is 5.69 Å². The fraction of sp³-hybridized carbons (Fsp3) is 0. The molecule has 0 aliphatic rings. The third kappa shape index (κ3) is 2.70. The number of phenolic OH excluding ortho intramolecular Hbond substituents is 1. The summed E-state index contributed by atoms with van der Waals surface area (Å²) in [7, 11) is 0. The molecule has 22 heavy (non-hydrogen) atoms. The third-order valence-electron chi connectivity index (χ3n) is 2.97. The van der Waals surface area contributed by atoms with Crippen molar-refractivity contribution < 1.29 is 10.0 Å². The van der Waals surface area contributed by atoms with Crippen molar-refractivity contribution in [1.82, 2.24) is 9.97 Å². The van der Waals surface area contributed by atoms with E-state index in [-0.39, 0.29) is 11.4 Å². The van der Waals surface area contributed by atoms with Crippen molar-refractivity contribution in [2.75, 3.05) is 5.43 Å².